The van der Waals surface area contributed by atoms with E-state index in [0.717, 1.165) is 6.54 Å². The first kappa shape index (κ1) is 15.7. The van der Waals surface area contributed by atoms with Crippen LogP contribution in [0.3, 0.4) is 0 Å². The highest BCUT2D eigenvalue weighted by Crippen LogP contribution is 2.17. The fourth-order valence-electron chi connectivity index (χ4n) is 1.62. The summed E-state index contributed by atoms with van der Waals surface area (Å²) in [6.45, 7) is 6.06. The summed E-state index contributed by atoms with van der Waals surface area (Å²) in [7, 11) is 0. The molecule has 19 heavy (non-hydrogen) atoms. The van der Waals surface area contributed by atoms with E-state index in [1.807, 2.05) is 18.7 Å². The van der Waals surface area contributed by atoms with Crippen molar-refractivity contribution < 1.29 is 4.79 Å². The monoisotopic (exact) mass is 285 g/mol. The molecule has 0 aliphatic rings. The number of carbonyl (C=O) groups excluding carboxylic acids is 1. The molecule has 0 fully saturated rings. The molecule has 0 aliphatic carbocycles. The number of aromatic nitrogens is 1. The second kappa shape index (κ2) is 7.93. The van der Waals surface area contributed by atoms with E-state index in [1.165, 1.54) is 0 Å². The van der Waals surface area contributed by atoms with Crippen LogP contribution in [-0.4, -0.2) is 35.4 Å². The number of amides is 1. The van der Waals surface area contributed by atoms with E-state index >= 15 is 0 Å². The Bertz CT molecular complexity index is 427. The maximum atomic E-state index is 11.6. The molecule has 0 saturated carbocycles. The van der Waals surface area contributed by atoms with Crippen LogP contribution in [0, 0.1) is 0 Å². The van der Waals surface area contributed by atoms with Crippen LogP contribution in [0.25, 0.3) is 0 Å². The number of rotatable bonds is 7. The van der Waals surface area contributed by atoms with Crippen molar-refractivity contribution in [1.29, 1.82) is 0 Å². The van der Waals surface area contributed by atoms with Crippen molar-refractivity contribution in [3.05, 3.63) is 22.8 Å². The number of likely N-dealkylation sites (N-methyl/N-ethyl adjacent to an activating group) is 2. The quantitative estimate of drug-likeness (QED) is 0.514. The molecule has 0 saturated heterocycles. The molecule has 1 rings (SSSR count). The Labute approximate surface area is 118 Å². The van der Waals surface area contributed by atoms with Crippen molar-refractivity contribution in [2.24, 2.45) is 5.84 Å². The number of nitrogens with two attached hydrogens (primary N) is 1. The molecule has 0 bridgehead atoms. The molecule has 0 aromatic carbocycles. The van der Waals surface area contributed by atoms with Crippen LogP contribution in [0.4, 0.5) is 5.82 Å². The molecule has 1 aromatic rings. The molecule has 6 nitrogen and oxygen atoms in total. The van der Waals surface area contributed by atoms with Gasteiger partial charge in [-0.1, -0.05) is 18.5 Å². The molecule has 1 amide bonds. The molecule has 0 spiro atoms. The first-order valence-electron chi connectivity index (χ1n) is 6.21. The largest absolute Gasteiger partial charge is 0.355 e. The Kier molecular flexibility index (Phi) is 6.55. The summed E-state index contributed by atoms with van der Waals surface area (Å²) in [5.74, 6) is 5.86. The molecule has 1 heterocycles. The van der Waals surface area contributed by atoms with Crippen molar-refractivity contribution in [1.82, 2.24) is 15.2 Å². The summed E-state index contributed by atoms with van der Waals surface area (Å²) in [5, 5.41) is 3.33. The molecule has 0 atom stereocenters. The van der Waals surface area contributed by atoms with Gasteiger partial charge in [0.1, 0.15) is 5.82 Å². The van der Waals surface area contributed by atoms with Crippen LogP contribution < -0.4 is 16.6 Å². The third-order valence-electron chi connectivity index (χ3n) is 2.63. The number of hydrazine groups is 1. The number of nitrogen functional groups attached to an aromatic ring is 1. The van der Waals surface area contributed by atoms with E-state index in [9.17, 15) is 4.79 Å². The van der Waals surface area contributed by atoms with Gasteiger partial charge in [0.25, 0.3) is 0 Å². The Morgan fingerprint density at radius 1 is 1.47 bits per heavy atom. The SMILES string of the molecule is CCNC(=O)CN(CC)Cc1nc(NN)ccc1Cl. The summed E-state index contributed by atoms with van der Waals surface area (Å²) in [5.41, 5.74) is 3.18. The van der Waals surface area contributed by atoms with Crippen molar-refractivity contribution in [3.63, 3.8) is 0 Å². The van der Waals surface area contributed by atoms with Crippen LogP contribution in [-0.2, 0) is 11.3 Å². The lowest BCUT2D eigenvalue weighted by atomic mass is 10.3. The first-order chi connectivity index (χ1) is 9.10. The number of halogens is 1. The summed E-state index contributed by atoms with van der Waals surface area (Å²) in [4.78, 5) is 17.8. The van der Waals surface area contributed by atoms with E-state index < -0.39 is 0 Å². The topological polar surface area (TPSA) is 83.3 Å². The summed E-state index contributed by atoms with van der Waals surface area (Å²) in [6.07, 6.45) is 0. The van der Waals surface area contributed by atoms with E-state index in [0.29, 0.717) is 36.2 Å². The van der Waals surface area contributed by atoms with Crippen LogP contribution in [0.15, 0.2) is 12.1 Å². The molecule has 7 heteroatoms. The van der Waals surface area contributed by atoms with Gasteiger partial charge in [-0.25, -0.2) is 10.8 Å². The molecule has 4 N–H and O–H groups in total. The van der Waals surface area contributed by atoms with Gasteiger partial charge in [0, 0.05) is 13.1 Å². The number of nitrogens with one attached hydrogen (secondary N) is 2. The average molecular weight is 286 g/mol. The van der Waals surface area contributed by atoms with Gasteiger partial charge in [-0.3, -0.25) is 9.69 Å². The maximum absolute atomic E-state index is 11.6. The van der Waals surface area contributed by atoms with Gasteiger partial charge in [0.05, 0.1) is 17.3 Å². The Morgan fingerprint density at radius 2 is 2.21 bits per heavy atom. The van der Waals surface area contributed by atoms with Crippen LogP contribution in [0.2, 0.25) is 5.02 Å². The van der Waals surface area contributed by atoms with Crippen molar-refractivity contribution in [2.45, 2.75) is 20.4 Å². The van der Waals surface area contributed by atoms with Gasteiger partial charge < -0.3 is 10.7 Å². The highest BCUT2D eigenvalue weighted by atomic mass is 35.5. The number of anilines is 1. The van der Waals surface area contributed by atoms with Gasteiger partial charge in [-0.05, 0) is 25.6 Å². The lowest BCUT2D eigenvalue weighted by Crippen LogP contribution is -2.37. The predicted molar refractivity (Wildman–Crippen MR) is 76.7 cm³/mol. The van der Waals surface area contributed by atoms with Crippen LogP contribution in [0.1, 0.15) is 19.5 Å². The molecular formula is C12H20ClN5O. The number of nitrogens with zero attached hydrogens (tertiary/aromatic N) is 2. The fraction of sp³-hybridized carbons (Fsp3) is 0.500. The van der Waals surface area contributed by atoms with E-state index in [2.05, 4.69) is 15.7 Å². The minimum atomic E-state index is -0.00595. The molecule has 106 valence electrons. The normalized spacial score (nSPS) is 10.6. The zero-order valence-electron chi connectivity index (χ0n) is 11.2. The first-order valence-corrected chi connectivity index (χ1v) is 6.59. The van der Waals surface area contributed by atoms with Gasteiger partial charge in [0.2, 0.25) is 5.91 Å². The van der Waals surface area contributed by atoms with Crippen molar-refractivity contribution in [2.75, 3.05) is 25.1 Å². The smallest absolute Gasteiger partial charge is 0.234 e. The van der Waals surface area contributed by atoms with E-state index in [1.54, 1.807) is 12.1 Å². The lowest BCUT2D eigenvalue weighted by molar-refractivity contribution is -0.122. The Morgan fingerprint density at radius 3 is 2.79 bits per heavy atom. The second-order valence-corrected chi connectivity index (χ2v) is 4.43. The molecule has 1 aromatic heterocycles. The minimum absolute atomic E-state index is 0.00595. The third kappa shape index (κ3) is 5.02. The number of hydrogen-bond acceptors (Lipinski definition) is 5. The zero-order chi connectivity index (χ0) is 14.3. The highest BCUT2D eigenvalue weighted by molar-refractivity contribution is 6.31. The summed E-state index contributed by atoms with van der Waals surface area (Å²) in [6, 6.07) is 3.44. The summed E-state index contributed by atoms with van der Waals surface area (Å²) < 4.78 is 0. The molecule has 0 unspecified atom stereocenters. The Hall–Kier alpha value is -1.37. The van der Waals surface area contributed by atoms with Gasteiger partial charge in [0.15, 0.2) is 0 Å². The predicted octanol–water partition coefficient (Wildman–Crippen LogP) is 0.979. The van der Waals surface area contributed by atoms with Crippen LogP contribution in [0.5, 0.6) is 0 Å². The van der Waals surface area contributed by atoms with Gasteiger partial charge in [-0.15, -0.1) is 0 Å². The number of pyridine rings is 1. The van der Waals surface area contributed by atoms with Gasteiger partial charge in [-0.2, -0.15) is 0 Å². The lowest BCUT2D eigenvalue weighted by Gasteiger charge is -2.20. The zero-order valence-corrected chi connectivity index (χ0v) is 12.0. The molecule has 0 radical (unpaired) electrons. The highest BCUT2D eigenvalue weighted by Gasteiger charge is 2.12. The number of carbonyl (C=O) groups is 1. The van der Waals surface area contributed by atoms with Crippen molar-refractivity contribution in [3.8, 4) is 0 Å². The van der Waals surface area contributed by atoms with Crippen molar-refractivity contribution >= 4 is 23.3 Å². The molecular weight excluding hydrogens is 266 g/mol. The Balaban J connectivity index is 2.72. The van der Waals surface area contributed by atoms with E-state index in [-0.39, 0.29) is 5.91 Å². The fourth-order valence-corrected chi connectivity index (χ4v) is 1.79. The average Bonchev–Trinajstić information content (AvgIpc) is 2.40. The maximum Gasteiger partial charge on any atom is 0.234 e. The standard InChI is InChI=1S/C12H20ClN5O/c1-3-15-12(19)8-18(4-2)7-10-9(13)5-6-11(16-10)17-14/h5-6H,3-4,7-8,14H2,1-2H3,(H,15,19)(H,16,17). The third-order valence-corrected chi connectivity index (χ3v) is 2.97. The van der Waals surface area contributed by atoms with Crippen LogP contribution >= 0.6 is 11.6 Å². The summed E-state index contributed by atoms with van der Waals surface area (Å²) >= 11 is 6.09. The molecule has 0 aliphatic heterocycles. The van der Waals surface area contributed by atoms with Gasteiger partial charge >= 0.3 is 0 Å². The van der Waals surface area contributed by atoms with E-state index in [4.69, 9.17) is 17.4 Å². The minimum Gasteiger partial charge on any atom is -0.355 e. The number of hydrogen-bond donors (Lipinski definition) is 3. The second-order valence-electron chi connectivity index (χ2n) is 4.03.